The van der Waals surface area contributed by atoms with Crippen molar-refractivity contribution in [2.45, 2.75) is 19.9 Å². The molecule has 1 amide bonds. The molecule has 3 aromatic carbocycles. The summed E-state index contributed by atoms with van der Waals surface area (Å²) >= 11 is 0. The fourth-order valence-electron chi connectivity index (χ4n) is 4.80. The van der Waals surface area contributed by atoms with Crippen molar-refractivity contribution in [1.29, 1.82) is 0 Å². The number of rotatable bonds is 5. The van der Waals surface area contributed by atoms with E-state index in [0.29, 0.717) is 17.3 Å². The van der Waals surface area contributed by atoms with Crippen LogP contribution in [0.1, 0.15) is 27.0 Å². The molecule has 3 heterocycles. The van der Waals surface area contributed by atoms with E-state index in [0.717, 1.165) is 62.6 Å². The van der Waals surface area contributed by atoms with E-state index in [9.17, 15) is 4.79 Å². The second kappa shape index (κ2) is 9.59. The summed E-state index contributed by atoms with van der Waals surface area (Å²) < 4.78 is 11.5. The van der Waals surface area contributed by atoms with Gasteiger partial charge in [-0.2, -0.15) is 0 Å². The Morgan fingerprint density at radius 1 is 0.861 bits per heavy atom. The predicted octanol–water partition coefficient (Wildman–Crippen LogP) is 4.60. The average molecular weight is 481 g/mol. The first-order chi connectivity index (χ1) is 17.6. The van der Waals surface area contributed by atoms with Gasteiger partial charge in [0.1, 0.15) is 5.75 Å². The highest BCUT2D eigenvalue weighted by Crippen LogP contribution is 2.27. The molecule has 0 N–H and O–H groups in total. The Hall–Kier alpha value is -3.97. The molecule has 1 fully saturated rings. The molecule has 0 unspecified atom stereocenters. The minimum absolute atomic E-state index is 0.0572. The van der Waals surface area contributed by atoms with Crippen LogP contribution >= 0.6 is 0 Å². The summed E-state index contributed by atoms with van der Waals surface area (Å²) in [4.78, 5) is 17.4. The van der Waals surface area contributed by atoms with Crippen molar-refractivity contribution in [3.8, 4) is 28.7 Å². The van der Waals surface area contributed by atoms with Gasteiger partial charge in [-0.1, -0.05) is 29.8 Å². The number of benzene rings is 3. The van der Waals surface area contributed by atoms with Crippen LogP contribution < -0.4 is 4.74 Å². The molecule has 0 saturated carbocycles. The van der Waals surface area contributed by atoms with Gasteiger partial charge in [-0.15, -0.1) is 10.2 Å². The third-order valence-corrected chi connectivity index (χ3v) is 6.92. The molecule has 7 nitrogen and oxygen atoms in total. The van der Waals surface area contributed by atoms with Crippen molar-refractivity contribution in [1.82, 2.24) is 20.0 Å². The van der Waals surface area contributed by atoms with Gasteiger partial charge in [-0.05, 0) is 60.5 Å². The third-order valence-electron chi connectivity index (χ3n) is 6.92. The Morgan fingerprint density at radius 3 is 2.22 bits per heavy atom. The first kappa shape index (κ1) is 22.5. The Bertz CT molecular complexity index is 1370. The number of carbonyl (C=O) groups is 1. The van der Waals surface area contributed by atoms with E-state index >= 15 is 0 Å². The molecule has 7 heteroatoms. The van der Waals surface area contributed by atoms with Gasteiger partial charge in [-0.3, -0.25) is 9.69 Å². The molecule has 0 spiro atoms. The summed E-state index contributed by atoms with van der Waals surface area (Å²) in [6.45, 7) is 6.89. The molecule has 4 aromatic rings. The number of nitrogens with zero attached hydrogens (tertiary/aromatic N) is 4. The summed E-state index contributed by atoms with van der Waals surface area (Å²) in [6.07, 6.45) is 0.991. The van der Waals surface area contributed by atoms with Gasteiger partial charge in [0.2, 0.25) is 11.8 Å². The highest BCUT2D eigenvalue weighted by atomic mass is 16.5. The van der Waals surface area contributed by atoms with Crippen molar-refractivity contribution in [3.63, 3.8) is 0 Å². The van der Waals surface area contributed by atoms with Crippen molar-refractivity contribution in [2.24, 2.45) is 0 Å². The maximum absolute atomic E-state index is 13.1. The summed E-state index contributed by atoms with van der Waals surface area (Å²) in [5.41, 5.74) is 6.13. The molecule has 1 saturated heterocycles. The zero-order valence-electron chi connectivity index (χ0n) is 20.3. The number of hydrogen-bond donors (Lipinski definition) is 0. The number of amides is 1. The van der Waals surface area contributed by atoms with E-state index in [1.807, 2.05) is 60.4 Å². The van der Waals surface area contributed by atoms with Crippen LogP contribution in [0.25, 0.3) is 22.9 Å². The normalized spacial score (nSPS) is 15.5. The molecule has 0 aliphatic carbocycles. The number of aromatic nitrogens is 2. The number of carbonyl (C=O) groups excluding carboxylic acids is 1. The van der Waals surface area contributed by atoms with Gasteiger partial charge in [0, 0.05) is 55.8 Å². The van der Waals surface area contributed by atoms with E-state index < -0.39 is 0 Å². The second-order valence-electron chi connectivity index (χ2n) is 9.46. The third kappa shape index (κ3) is 4.62. The van der Waals surface area contributed by atoms with E-state index in [4.69, 9.17) is 9.15 Å². The van der Waals surface area contributed by atoms with Crippen molar-refractivity contribution < 1.29 is 13.9 Å². The standard InChI is InChI=1S/C29H28N4O3/c1-20-2-5-22(6-3-20)27-30-31-28(36-27)23-7-9-24(10-8-23)29(34)33-15-13-32(14-16-33)19-21-4-11-26-25(18-21)12-17-35-26/h2-11,18H,12-17,19H2,1H3. The Balaban J connectivity index is 1.06. The van der Waals surface area contributed by atoms with Gasteiger partial charge >= 0.3 is 0 Å². The molecule has 0 bridgehead atoms. The molecule has 2 aliphatic heterocycles. The zero-order chi connectivity index (χ0) is 24.5. The van der Waals surface area contributed by atoms with Crippen LogP contribution in [0.15, 0.2) is 71.1 Å². The van der Waals surface area contributed by atoms with E-state index in [-0.39, 0.29) is 5.91 Å². The molecule has 36 heavy (non-hydrogen) atoms. The number of ether oxygens (including phenoxy) is 1. The van der Waals surface area contributed by atoms with Gasteiger partial charge in [-0.25, -0.2) is 0 Å². The van der Waals surface area contributed by atoms with Crippen LogP contribution in [0, 0.1) is 6.92 Å². The molecule has 6 rings (SSSR count). The summed E-state index contributed by atoms with van der Waals surface area (Å²) in [6, 6.07) is 21.9. The lowest BCUT2D eigenvalue weighted by Gasteiger charge is -2.34. The van der Waals surface area contributed by atoms with Crippen LogP contribution in [-0.2, 0) is 13.0 Å². The van der Waals surface area contributed by atoms with Crippen LogP contribution in [-0.4, -0.2) is 58.7 Å². The molecular formula is C29H28N4O3. The summed E-state index contributed by atoms with van der Waals surface area (Å²) in [7, 11) is 0. The van der Waals surface area contributed by atoms with Gasteiger partial charge in [0.05, 0.1) is 6.61 Å². The quantitative estimate of drug-likeness (QED) is 0.416. The average Bonchev–Trinajstić information content (AvgIpc) is 3.59. The zero-order valence-corrected chi connectivity index (χ0v) is 20.3. The molecule has 2 aliphatic rings. The Labute approximate surface area is 210 Å². The van der Waals surface area contributed by atoms with Crippen LogP contribution in [0.3, 0.4) is 0 Å². The largest absolute Gasteiger partial charge is 0.493 e. The van der Waals surface area contributed by atoms with Crippen molar-refractivity contribution >= 4 is 5.91 Å². The summed E-state index contributed by atoms with van der Waals surface area (Å²) in [5.74, 6) is 2.00. The van der Waals surface area contributed by atoms with E-state index in [1.165, 1.54) is 16.7 Å². The maximum atomic E-state index is 13.1. The van der Waals surface area contributed by atoms with Crippen LogP contribution in [0.4, 0.5) is 0 Å². The van der Waals surface area contributed by atoms with E-state index in [1.54, 1.807) is 0 Å². The number of hydrogen-bond acceptors (Lipinski definition) is 6. The first-order valence-electron chi connectivity index (χ1n) is 12.4. The molecule has 182 valence electrons. The van der Waals surface area contributed by atoms with Crippen molar-refractivity contribution in [2.75, 3.05) is 32.8 Å². The van der Waals surface area contributed by atoms with Gasteiger partial charge in [0.15, 0.2) is 0 Å². The maximum Gasteiger partial charge on any atom is 0.253 e. The van der Waals surface area contributed by atoms with Gasteiger partial charge < -0.3 is 14.1 Å². The van der Waals surface area contributed by atoms with Crippen LogP contribution in [0.2, 0.25) is 0 Å². The lowest BCUT2D eigenvalue weighted by Crippen LogP contribution is -2.48. The molecular weight excluding hydrogens is 452 g/mol. The number of piperazine rings is 1. The molecule has 0 atom stereocenters. The SMILES string of the molecule is Cc1ccc(-c2nnc(-c3ccc(C(=O)N4CCN(Cc5ccc6c(c5)CCO6)CC4)cc3)o2)cc1. The Morgan fingerprint density at radius 2 is 1.53 bits per heavy atom. The highest BCUT2D eigenvalue weighted by molar-refractivity contribution is 5.94. The van der Waals surface area contributed by atoms with Gasteiger partial charge in [0.25, 0.3) is 5.91 Å². The second-order valence-corrected chi connectivity index (χ2v) is 9.46. The monoisotopic (exact) mass is 480 g/mol. The fraction of sp³-hybridized carbons (Fsp3) is 0.276. The lowest BCUT2D eigenvalue weighted by atomic mass is 10.1. The minimum Gasteiger partial charge on any atom is -0.493 e. The number of aryl methyl sites for hydroxylation is 1. The molecule has 1 aromatic heterocycles. The Kier molecular flexibility index (Phi) is 5.99. The number of fused-ring (bicyclic) bond motifs is 1. The van der Waals surface area contributed by atoms with Crippen LogP contribution in [0.5, 0.6) is 5.75 Å². The highest BCUT2D eigenvalue weighted by Gasteiger charge is 2.23. The first-order valence-corrected chi connectivity index (χ1v) is 12.4. The van der Waals surface area contributed by atoms with E-state index in [2.05, 4.69) is 33.3 Å². The minimum atomic E-state index is 0.0572. The predicted molar refractivity (Wildman–Crippen MR) is 137 cm³/mol. The van der Waals surface area contributed by atoms with Crippen molar-refractivity contribution in [3.05, 3.63) is 89.0 Å². The fourth-order valence-corrected chi connectivity index (χ4v) is 4.80. The summed E-state index contributed by atoms with van der Waals surface area (Å²) in [5, 5.41) is 8.36. The molecule has 0 radical (unpaired) electrons. The topological polar surface area (TPSA) is 71.7 Å². The lowest BCUT2D eigenvalue weighted by molar-refractivity contribution is 0.0628. The smallest absolute Gasteiger partial charge is 0.253 e.